The summed E-state index contributed by atoms with van der Waals surface area (Å²) in [4.78, 5) is 9.84. The van der Waals surface area contributed by atoms with E-state index in [1.54, 1.807) is 11.3 Å². The summed E-state index contributed by atoms with van der Waals surface area (Å²) in [6.45, 7) is 1.95. The van der Waals surface area contributed by atoms with Crippen molar-refractivity contribution in [1.82, 2.24) is 9.97 Å². The van der Waals surface area contributed by atoms with Crippen LogP contribution < -0.4 is 11.1 Å². The second-order valence-electron chi connectivity index (χ2n) is 4.14. The minimum absolute atomic E-state index is 0.576. The van der Waals surface area contributed by atoms with Crippen LogP contribution in [0.4, 0.5) is 16.0 Å². The Labute approximate surface area is 132 Å². The summed E-state index contributed by atoms with van der Waals surface area (Å²) < 4.78 is 1.03. The average molecular weight is 367 g/mol. The fourth-order valence-corrected chi connectivity index (χ4v) is 3.77. The van der Waals surface area contributed by atoms with Crippen molar-refractivity contribution in [3.05, 3.63) is 39.8 Å². The van der Waals surface area contributed by atoms with Gasteiger partial charge in [-0.25, -0.2) is 9.97 Å². The van der Waals surface area contributed by atoms with Crippen LogP contribution in [0.25, 0.3) is 10.6 Å². The lowest BCUT2D eigenvalue weighted by Crippen LogP contribution is -1.89. The molecule has 1 aromatic carbocycles. The van der Waals surface area contributed by atoms with Gasteiger partial charge < -0.3 is 11.1 Å². The summed E-state index contributed by atoms with van der Waals surface area (Å²) in [5.41, 5.74) is 8.57. The van der Waals surface area contributed by atoms with E-state index in [-0.39, 0.29) is 0 Å². The number of rotatable bonds is 3. The molecule has 2 heterocycles. The molecule has 0 radical (unpaired) electrons. The van der Waals surface area contributed by atoms with Gasteiger partial charge in [0.15, 0.2) is 10.3 Å². The maximum atomic E-state index is 5.73. The number of halogens is 1. The van der Waals surface area contributed by atoms with Crippen molar-refractivity contribution in [3.8, 4) is 10.6 Å². The Morgan fingerprint density at radius 1 is 1.30 bits per heavy atom. The predicted molar refractivity (Wildman–Crippen MR) is 89.8 cm³/mol. The second kappa shape index (κ2) is 5.51. The predicted octanol–water partition coefficient (Wildman–Crippen LogP) is 4.66. The summed E-state index contributed by atoms with van der Waals surface area (Å²) in [6.07, 6.45) is 0. The fourth-order valence-electron chi connectivity index (χ4n) is 1.78. The monoisotopic (exact) mass is 366 g/mol. The third-order valence-electron chi connectivity index (χ3n) is 2.63. The summed E-state index contributed by atoms with van der Waals surface area (Å²) in [7, 11) is 0. The molecule has 0 saturated carbocycles. The van der Waals surface area contributed by atoms with E-state index in [0.29, 0.717) is 5.13 Å². The van der Waals surface area contributed by atoms with Crippen LogP contribution in [0.2, 0.25) is 0 Å². The number of hydrogen-bond donors (Lipinski definition) is 2. The van der Waals surface area contributed by atoms with Crippen molar-refractivity contribution in [2.75, 3.05) is 11.1 Å². The van der Waals surface area contributed by atoms with Crippen LogP contribution in [0.3, 0.4) is 0 Å². The number of nitrogens with zero attached hydrogens (tertiary/aromatic N) is 2. The number of anilines is 3. The molecule has 0 unspecified atom stereocenters. The van der Waals surface area contributed by atoms with Crippen molar-refractivity contribution in [3.63, 3.8) is 0 Å². The molecule has 0 saturated heterocycles. The Bertz CT molecular complexity index is 750. The van der Waals surface area contributed by atoms with E-state index in [0.717, 1.165) is 31.6 Å². The molecule has 102 valence electrons. The highest BCUT2D eigenvalue weighted by molar-refractivity contribution is 9.10. The molecule has 0 bridgehead atoms. The van der Waals surface area contributed by atoms with Gasteiger partial charge in [-0.05, 0) is 25.1 Å². The van der Waals surface area contributed by atoms with Gasteiger partial charge >= 0.3 is 0 Å². The smallest absolute Gasteiger partial charge is 0.187 e. The van der Waals surface area contributed by atoms with Crippen LogP contribution >= 0.6 is 38.6 Å². The van der Waals surface area contributed by atoms with Crippen molar-refractivity contribution < 1.29 is 0 Å². The third-order valence-corrected chi connectivity index (χ3v) is 4.89. The topological polar surface area (TPSA) is 63.8 Å². The van der Waals surface area contributed by atoms with E-state index < -0.39 is 0 Å². The third kappa shape index (κ3) is 2.84. The van der Waals surface area contributed by atoms with Gasteiger partial charge in [0.05, 0.1) is 16.3 Å². The highest BCUT2D eigenvalue weighted by Crippen LogP contribution is 2.34. The first-order valence-electron chi connectivity index (χ1n) is 5.83. The van der Waals surface area contributed by atoms with E-state index >= 15 is 0 Å². The molecular weight excluding hydrogens is 356 g/mol. The zero-order valence-corrected chi connectivity index (χ0v) is 13.8. The molecule has 20 heavy (non-hydrogen) atoms. The second-order valence-corrected chi connectivity index (χ2v) is 6.94. The maximum absolute atomic E-state index is 5.73. The number of benzene rings is 1. The molecule has 0 fully saturated rings. The van der Waals surface area contributed by atoms with Crippen LogP contribution in [-0.4, -0.2) is 9.97 Å². The first-order chi connectivity index (χ1) is 9.61. The van der Waals surface area contributed by atoms with E-state index in [1.165, 1.54) is 11.3 Å². The van der Waals surface area contributed by atoms with Gasteiger partial charge in [0, 0.05) is 15.5 Å². The molecule has 3 N–H and O–H groups in total. The van der Waals surface area contributed by atoms with E-state index in [9.17, 15) is 0 Å². The Morgan fingerprint density at radius 2 is 2.15 bits per heavy atom. The van der Waals surface area contributed by atoms with Gasteiger partial charge in [0.1, 0.15) is 0 Å². The lowest BCUT2D eigenvalue weighted by atomic mass is 10.3. The molecule has 0 aliphatic heterocycles. The first-order valence-corrected chi connectivity index (χ1v) is 8.32. The molecule has 4 nitrogen and oxygen atoms in total. The summed E-state index contributed by atoms with van der Waals surface area (Å²) >= 11 is 6.48. The Kier molecular flexibility index (Phi) is 3.73. The Balaban J connectivity index is 1.85. The number of nitrogens with two attached hydrogens (primary N) is 1. The normalized spacial score (nSPS) is 10.7. The van der Waals surface area contributed by atoms with Crippen molar-refractivity contribution in [1.29, 1.82) is 0 Å². The number of hydrogen-bond acceptors (Lipinski definition) is 6. The Morgan fingerprint density at radius 3 is 2.85 bits per heavy atom. The van der Waals surface area contributed by atoms with E-state index in [2.05, 4.69) is 31.2 Å². The molecule has 0 amide bonds. The number of aromatic nitrogens is 2. The van der Waals surface area contributed by atoms with Gasteiger partial charge in [-0.15, -0.1) is 11.3 Å². The van der Waals surface area contributed by atoms with Crippen LogP contribution in [0, 0.1) is 6.92 Å². The molecule has 0 aliphatic rings. The first kappa shape index (κ1) is 13.5. The van der Waals surface area contributed by atoms with Gasteiger partial charge in [-0.3, -0.25) is 0 Å². The van der Waals surface area contributed by atoms with Gasteiger partial charge in [-0.1, -0.05) is 33.3 Å². The zero-order valence-electron chi connectivity index (χ0n) is 10.6. The minimum Gasteiger partial charge on any atom is -0.375 e. The van der Waals surface area contributed by atoms with Crippen LogP contribution in [-0.2, 0) is 0 Å². The van der Waals surface area contributed by atoms with Crippen molar-refractivity contribution in [2.45, 2.75) is 6.92 Å². The average Bonchev–Trinajstić information content (AvgIpc) is 2.96. The summed E-state index contributed by atoms with van der Waals surface area (Å²) in [5, 5.41) is 6.73. The SMILES string of the molecule is Cc1nc(N)sc1-c1csc(Nc2cccc(Br)c2)n1. The minimum atomic E-state index is 0.576. The number of aryl methyl sites for hydroxylation is 1. The lowest BCUT2D eigenvalue weighted by molar-refractivity contribution is 1.26. The van der Waals surface area contributed by atoms with Gasteiger partial charge in [-0.2, -0.15) is 0 Å². The molecule has 2 aromatic heterocycles. The van der Waals surface area contributed by atoms with Crippen LogP contribution in [0.5, 0.6) is 0 Å². The van der Waals surface area contributed by atoms with Crippen LogP contribution in [0.15, 0.2) is 34.1 Å². The molecule has 0 spiro atoms. The van der Waals surface area contributed by atoms with Crippen molar-refractivity contribution >= 4 is 54.6 Å². The lowest BCUT2D eigenvalue weighted by Gasteiger charge is -2.02. The van der Waals surface area contributed by atoms with Gasteiger partial charge in [0.2, 0.25) is 0 Å². The zero-order chi connectivity index (χ0) is 14.1. The molecule has 0 aliphatic carbocycles. The molecule has 3 rings (SSSR count). The highest BCUT2D eigenvalue weighted by atomic mass is 79.9. The molecule has 3 aromatic rings. The molecule has 0 atom stereocenters. The maximum Gasteiger partial charge on any atom is 0.187 e. The fraction of sp³-hybridized carbons (Fsp3) is 0.0769. The molecular formula is C13H11BrN4S2. The summed E-state index contributed by atoms with van der Waals surface area (Å²) in [6, 6.07) is 7.98. The molecule has 7 heteroatoms. The number of thiazole rings is 2. The number of nitrogen functional groups attached to an aromatic ring is 1. The highest BCUT2D eigenvalue weighted by Gasteiger charge is 2.11. The summed E-state index contributed by atoms with van der Waals surface area (Å²) in [5.74, 6) is 0. The van der Waals surface area contributed by atoms with E-state index in [4.69, 9.17) is 5.73 Å². The van der Waals surface area contributed by atoms with Gasteiger partial charge in [0.25, 0.3) is 0 Å². The number of nitrogens with one attached hydrogen (secondary N) is 1. The van der Waals surface area contributed by atoms with Crippen LogP contribution in [0.1, 0.15) is 5.69 Å². The van der Waals surface area contributed by atoms with Crippen molar-refractivity contribution in [2.24, 2.45) is 0 Å². The standard InChI is InChI=1S/C13H11BrN4S2/c1-7-11(20-12(15)16-7)10-6-19-13(18-10)17-9-4-2-3-8(14)5-9/h2-6H,1H3,(H2,15,16)(H,17,18). The largest absolute Gasteiger partial charge is 0.375 e. The van der Waals surface area contributed by atoms with E-state index in [1.807, 2.05) is 36.6 Å². The quantitative estimate of drug-likeness (QED) is 0.707. The Hall–Kier alpha value is -1.44.